The van der Waals surface area contributed by atoms with E-state index in [0.29, 0.717) is 29.7 Å². The molecule has 5 aliphatic rings. The average Bonchev–Trinajstić information content (AvgIpc) is 3.30. The van der Waals surface area contributed by atoms with Crippen LogP contribution in [0.1, 0.15) is 37.7 Å². The topological polar surface area (TPSA) is 86.6 Å². The third-order valence-corrected chi connectivity index (χ3v) is 11.1. The van der Waals surface area contributed by atoms with Gasteiger partial charge in [-0.25, -0.2) is 22.0 Å². The first kappa shape index (κ1) is 29.8. The smallest absolute Gasteiger partial charge is 0.319 e. The Morgan fingerprint density at radius 1 is 1.08 bits per heavy atom. The highest BCUT2D eigenvalue weighted by Crippen LogP contribution is 2.69. The van der Waals surface area contributed by atoms with Crippen LogP contribution in [0.4, 0.5) is 27.8 Å². The summed E-state index contributed by atoms with van der Waals surface area (Å²) in [5.74, 6) is -1.79. The summed E-state index contributed by atoms with van der Waals surface area (Å²) in [7, 11) is 0. The fourth-order valence-electron chi connectivity index (χ4n) is 8.89. The Morgan fingerprint density at radius 3 is 2.58 bits per heavy atom. The van der Waals surface area contributed by atoms with Crippen molar-refractivity contribution >= 4 is 27.5 Å². The molecule has 5 atom stereocenters. The van der Waals surface area contributed by atoms with Gasteiger partial charge in [-0.15, -0.1) is 6.42 Å². The average molecular weight is 663 g/mol. The highest BCUT2D eigenvalue weighted by Gasteiger charge is 2.77. The van der Waals surface area contributed by atoms with Crippen LogP contribution in [-0.2, 0) is 0 Å². The van der Waals surface area contributed by atoms with Gasteiger partial charge in [-0.05, 0) is 42.8 Å². The van der Waals surface area contributed by atoms with Crippen molar-refractivity contribution < 1.29 is 31.8 Å². The molecule has 2 bridgehead atoms. The predicted octanol–water partition coefficient (Wildman–Crippen LogP) is 5.34. The number of phenolic OH excluding ortho intramolecular Hbond substituents is 1. The normalized spacial score (nSPS) is 30.3. The number of pyridine rings is 1. The second-order valence-electron chi connectivity index (χ2n) is 14.2. The zero-order chi connectivity index (χ0) is 33.2. The second-order valence-corrected chi connectivity index (χ2v) is 14.2. The maximum Gasteiger partial charge on any atom is 0.319 e. The molecule has 1 spiro atoms. The number of aromatic hydroxyl groups is 1. The molecule has 5 fully saturated rings. The standard InChI is InChI=1S/C35H31F5N6O2/c1-2-23-26(37)6-3-18-7-22(47)8-24(27(18)23)29-28(38)30-25(10-41-29)31(45-12-20-4-5-21(13-45)42-20)44-32(43-30)48-17-34-9-19(36)11-46(34)16-33(14-34)15-35(33,39)40/h1,3,6-8,10,19-21,42,47H,4-5,9,11-17H2/t19-,20-,21+,33+,34-/m1/s1. The summed E-state index contributed by atoms with van der Waals surface area (Å²) in [5.41, 5.74) is -2.49. The minimum Gasteiger partial charge on any atom is -0.508 e. The molecule has 0 unspecified atom stereocenters. The molecule has 1 aliphatic carbocycles. The molecule has 248 valence electrons. The van der Waals surface area contributed by atoms with Crippen LogP contribution in [0.15, 0.2) is 30.5 Å². The van der Waals surface area contributed by atoms with Crippen molar-refractivity contribution in [3.05, 3.63) is 47.7 Å². The summed E-state index contributed by atoms with van der Waals surface area (Å²) in [5, 5.41) is 15.0. The molecule has 48 heavy (non-hydrogen) atoms. The summed E-state index contributed by atoms with van der Waals surface area (Å²) in [6.45, 7) is 1.22. The lowest BCUT2D eigenvalue weighted by molar-refractivity contribution is 0.0634. The number of alkyl halides is 3. The van der Waals surface area contributed by atoms with Crippen molar-refractivity contribution in [1.29, 1.82) is 0 Å². The number of piperazine rings is 1. The van der Waals surface area contributed by atoms with Crippen LogP contribution in [-0.4, -0.2) is 87.5 Å². The van der Waals surface area contributed by atoms with Crippen molar-refractivity contribution in [2.24, 2.45) is 5.41 Å². The highest BCUT2D eigenvalue weighted by atomic mass is 19.3. The summed E-state index contributed by atoms with van der Waals surface area (Å²) in [4.78, 5) is 17.5. The molecule has 2 aromatic carbocycles. The Kier molecular flexibility index (Phi) is 6.29. The van der Waals surface area contributed by atoms with Gasteiger partial charge in [-0.2, -0.15) is 9.97 Å². The molecule has 0 radical (unpaired) electrons. The van der Waals surface area contributed by atoms with Gasteiger partial charge in [0.05, 0.1) is 21.9 Å². The van der Waals surface area contributed by atoms with Crippen LogP contribution in [0.5, 0.6) is 11.8 Å². The minimum absolute atomic E-state index is 0.0491. The molecular formula is C35H31F5N6O2. The van der Waals surface area contributed by atoms with Gasteiger partial charge in [0.15, 0.2) is 5.82 Å². The van der Waals surface area contributed by atoms with E-state index >= 15 is 4.39 Å². The summed E-state index contributed by atoms with van der Waals surface area (Å²) in [6.07, 6.45) is 7.81. The molecule has 6 heterocycles. The molecule has 1 saturated carbocycles. The SMILES string of the molecule is C#Cc1c(F)ccc2cc(O)cc(-c3ncc4c(N5C[C@H]6CC[C@@H](C5)N6)nc(OC[C@]56C[C@@H](F)CN5C[C@@]5(CC5(F)F)C6)nc4c3F)c12. The quantitative estimate of drug-likeness (QED) is 0.219. The van der Waals surface area contributed by atoms with Crippen molar-refractivity contribution in [1.82, 2.24) is 25.2 Å². The number of halogens is 5. The number of hydrogen-bond acceptors (Lipinski definition) is 8. The molecule has 4 aromatic rings. The number of terminal acetylenes is 1. The van der Waals surface area contributed by atoms with Gasteiger partial charge in [0.2, 0.25) is 0 Å². The van der Waals surface area contributed by atoms with E-state index in [1.807, 2.05) is 4.90 Å². The monoisotopic (exact) mass is 662 g/mol. The Balaban J connectivity index is 1.16. The number of nitrogens with one attached hydrogen (secondary N) is 1. The van der Waals surface area contributed by atoms with Crippen LogP contribution in [0.2, 0.25) is 0 Å². The minimum atomic E-state index is -2.80. The zero-order valence-corrected chi connectivity index (χ0v) is 25.7. The Hall–Kier alpha value is -4.28. The zero-order valence-electron chi connectivity index (χ0n) is 25.7. The van der Waals surface area contributed by atoms with Crippen molar-refractivity contribution in [3.8, 4) is 35.4 Å². The van der Waals surface area contributed by atoms with Gasteiger partial charge >= 0.3 is 6.01 Å². The van der Waals surface area contributed by atoms with Crippen molar-refractivity contribution in [2.45, 2.75) is 61.8 Å². The van der Waals surface area contributed by atoms with Crippen LogP contribution >= 0.6 is 0 Å². The van der Waals surface area contributed by atoms with Crippen LogP contribution in [0.3, 0.4) is 0 Å². The summed E-state index contributed by atoms with van der Waals surface area (Å²) >= 11 is 0. The number of anilines is 1. The fourth-order valence-corrected chi connectivity index (χ4v) is 8.89. The molecule has 13 heteroatoms. The van der Waals surface area contributed by atoms with Gasteiger partial charge in [-0.1, -0.05) is 12.0 Å². The van der Waals surface area contributed by atoms with E-state index in [-0.39, 0.29) is 90.5 Å². The lowest BCUT2D eigenvalue weighted by Crippen LogP contribution is -2.51. The first-order valence-electron chi connectivity index (χ1n) is 16.2. The van der Waals surface area contributed by atoms with Crippen LogP contribution in [0.25, 0.3) is 32.9 Å². The Labute approximate surface area is 272 Å². The summed E-state index contributed by atoms with van der Waals surface area (Å²) in [6, 6.07) is 5.56. The lowest BCUT2D eigenvalue weighted by atomic mass is 9.88. The van der Waals surface area contributed by atoms with Gasteiger partial charge in [-0.3, -0.25) is 9.88 Å². The molecule has 2 N–H and O–H groups in total. The van der Waals surface area contributed by atoms with Crippen molar-refractivity contribution in [3.63, 3.8) is 0 Å². The molecular weight excluding hydrogens is 631 g/mol. The maximum absolute atomic E-state index is 16.8. The number of fused-ring (bicyclic) bond motifs is 5. The highest BCUT2D eigenvalue weighted by molar-refractivity contribution is 6.03. The van der Waals surface area contributed by atoms with E-state index in [0.717, 1.165) is 12.8 Å². The predicted molar refractivity (Wildman–Crippen MR) is 168 cm³/mol. The van der Waals surface area contributed by atoms with Crippen molar-refractivity contribution in [2.75, 3.05) is 37.7 Å². The van der Waals surface area contributed by atoms with E-state index in [1.165, 1.54) is 30.5 Å². The van der Waals surface area contributed by atoms with Gasteiger partial charge in [0, 0.05) is 68.3 Å². The van der Waals surface area contributed by atoms with Gasteiger partial charge in [0.25, 0.3) is 5.92 Å². The van der Waals surface area contributed by atoms with Crippen LogP contribution in [0, 0.1) is 29.4 Å². The number of benzene rings is 2. The molecule has 0 amide bonds. The largest absolute Gasteiger partial charge is 0.508 e. The van der Waals surface area contributed by atoms with E-state index in [2.05, 4.69) is 21.2 Å². The van der Waals surface area contributed by atoms with E-state index in [9.17, 15) is 22.7 Å². The van der Waals surface area contributed by atoms with Crippen LogP contribution < -0.4 is 15.0 Å². The third kappa shape index (κ3) is 4.38. The number of aromatic nitrogens is 3. The third-order valence-electron chi connectivity index (χ3n) is 11.1. The first-order chi connectivity index (χ1) is 23.0. The van der Waals surface area contributed by atoms with E-state index in [1.54, 1.807) is 4.90 Å². The number of hydrogen-bond donors (Lipinski definition) is 2. The number of phenols is 1. The molecule has 4 saturated heterocycles. The molecule has 2 aromatic heterocycles. The van der Waals surface area contributed by atoms with Gasteiger partial charge in [0.1, 0.15) is 41.4 Å². The number of ether oxygens (including phenoxy) is 1. The number of nitrogens with zero attached hydrogens (tertiary/aromatic N) is 5. The fraction of sp³-hybridized carbons (Fsp3) is 0.457. The Morgan fingerprint density at radius 2 is 1.85 bits per heavy atom. The molecule has 8 nitrogen and oxygen atoms in total. The number of rotatable bonds is 5. The summed E-state index contributed by atoms with van der Waals surface area (Å²) < 4.78 is 81.5. The molecule has 4 aliphatic heterocycles. The maximum atomic E-state index is 16.8. The van der Waals surface area contributed by atoms with E-state index < -0.39 is 34.7 Å². The second kappa shape index (κ2) is 10.1. The van der Waals surface area contributed by atoms with E-state index in [4.69, 9.17) is 16.1 Å². The molecule has 9 rings (SSSR count). The lowest BCUT2D eigenvalue weighted by Gasteiger charge is -2.34. The first-order valence-corrected chi connectivity index (χ1v) is 16.2. The van der Waals surface area contributed by atoms with Gasteiger partial charge < -0.3 is 20.1 Å². The Bertz CT molecular complexity index is 2060.